The molecule has 1 aliphatic heterocycles. The molecule has 0 aliphatic carbocycles. The second-order valence-electron chi connectivity index (χ2n) is 5.51. The predicted octanol–water partition coefficient (Wildman–Crippen LogP) is 2.09. The van der Waals surface area contributed by atoms with E-state index in [1.165, 1.54) is 24.0 Å². The molecule has 0 aromatic heterocycles. The predicted molar refractivity (Wildman–Crippen MR) is 81.9 cm³/mol. The van der Waals surface area contributed by atoms with Crippen molar-refractivity contribution in [3.05, 3.63) is 28.8 Å². The van der Waals surface area contributed by atoms with Crippen LogP contribution in [0.25, 0.3) is 0 Å². The number of hydrogen-bond acceptors (Lipinski definition) is 3. The van der Waals surface area contributed by atoms with Gasteiger partial charge in [-0.3, -0.25) is 14.4 Å². The van der Waals surface area contributed by atoms with E-state index in [-0.39, 0.29) is 34.9 Å². The molecule has 6 nitrogen and oxygen atoms in total. The van der Waals surface area contributed by atoms with Gasteiger partial charge in [0.2, 0.25) is 5.91 Å². The highest BCUT2D eigenvalue weighted by Crippen LogP contribution is 2.28. The molecule has 0 bridgehead atoms. The molecule has 1 aliphatic rings. The Hall–Kier alpha value is -2.08. The Bertz CT molecular complexity index is 632. The van der Waals surface area contributed by atoms with Crippen LogP contribution in [0.1, 0.15) is 24.2 Å². The number of carbonyl (C=O) groups is 3. The summed E-state index contributed by atoms with van der Waals surface area (Å²) in [5.41, 5.74) is 0.730. The largest absolute Gasteiger partial charge is 0.481 e. The van der Waals surface area contributed by atoms with E-state index in [4.69, 9.17) is 16.7 Å². The highest BCUT2D eigenvalue weighted by Gasteiger charge is 2.37. The molecule has 0 unspecified atom stereocenters. The van der Waals surface area contributed by atoms with Gasteiger partial charge in [-0.25, -0.2) is 0 Å². The van der Waals surface area contributed by atoms with Gasteiger partial charge in [-0.1, -0.05) is 18.5 Å². The van der Waals surface area contributed by atoms with E-state index in [1.54, 1.807) is 13.0 Å². The number of nitrogens with zero attached hydrogens (tertiary/aromatic N) is 1. The van der Waals surface area contributed by atoms with E-state index in [0.29, 0.717) is 12.2 Å². The van der Waals surface area contributed by atoms with Crippen molar-refractivity contribution < 1.29 is 19.5 Å². The lowest BCUT2D eigenvalue weighted by Crippen LogP contribution is -2.30. The number of likely N-dealkylation sites (tertiary alicyclic amines) is 1. The fourth-order valence-corrected chi connectivity index (χ4v) is 2.79. The van der Waals surface area contributed by atoms with Gasteiger partial charge in [-0.2, -0.15) is 0 Å². The highest BCUT2D eigenvalue weighted by atomic mass is 35.5. The van der Waals surface area contributed by atoms with Crippen molar-refractivity contribution in [3.8, 4) is 0 Å². The van der Waals surface area contributed by atoms with Gasteiger partial charge in [0.15, 0.2) is 0 Å². The SMILES string of the molecule is CC(=O)Nc1ccc(Cl)c(C(=O)N2C[C@@H](C)[C@H](C(=O)O)C2)c1. The van der Waals surface area contributed by atoms with Gasteiger partial charge in [-0.15, -0.1) is 0 Å². The fraction of sp³-hybridized carbons (Fsp3) is 0.400. The molecule has 1 heterocycles. The molecule has 0 saturated carbocycles. The molecule has 2 N–H and O–H groups in total. The lowest BCUT2D eigenvalue weighted by atomic mass is 9.99. The lowest BCUT2D eigenvalue weighted by Gasteiger charge is -2.17. The zero-order chi connectivity index (χ0) is 16.4. The third kappa shape index (κ3) is 3.39. The molecular formula is C15H17ClN2O4. The third-order valence-corrected chi connectivity index (χ3v) is 4.06. The second kappa shape index (κ2) is 6.36. The van der Waals surface area contributed by atoms with Crippen LogP contribution in [0.4, 0.5) is 5.69 Å². The third-order valence-electron chi connectivity index (χ3n) is 3.73. The van der Waals surface area contributed by atoms with E-state index in [1.807, 2.05) is 0 Å². The Kier molecular flexibility index (Phi) is 4.71. The lowest BCUT2D eigenvalue weighted by molar-refractivity contribution is -0.142. The molecule has 7 heteroatoms. The van der Waals surface area contributed by atoms with Gasteiger partial charge in [0, 0.05) is 25.7 Å². The first-order valence-electron chi connectivity index (χ1n) is 6.88. The van der Waals surface area contributed by atoms with Gasteiger partial charge < -0.3 is 15.3 Å². The first-order chi connectivity index (χ1) is 10.3. The highest BCUT2D eigenvalue weighted by molar-refractivity contribution is 6.34. The number of benzene rings is 1. The molecule has 1 aromatic carbocycles. The number of anilines is 1. The molecular weight excluding hydrogens is 308 g/mol. The van der Waals surface area contributed by atoms with Crippen LogP contribution in [-0.2, 0) is 9.59 Å². The number of nitrogens with one attached hydrogen (secondary N) is 1. The first-order valence-corrected chi connectivity index (χ1v) is 7.26. The monoisotopic (exact) mass is 324 g/mol. The number of carboxylic acids is 1. The van der Waals surface area contributed by atoms with Crippen LogP contribution in [-0.4, -0.2) is 40.9 Å². The summed E-state index contributed by atoms with van der Waals surface area (Å²) in [6, 6.07) is 4.65. The summed E-state index contributed by atoms with van der Waals surface area (Å²) in [5.74, 6) is -2.16. The Labute approximate surface area is 133 Å². The molecule has 118 valence electrons. The Morgan fingerprint density at radius 1 is 1.32 bits per heavy atom. The summed E-state index contributed by atoms with van der Waals surface area (Å²) in [4.78, 5) is 36.3. The van der Waals surface area contributed by atoms with Crippen molar-refractivity contribution >= 4 is 35.1 Å². The molecule has 0 spiro atoms. The van der Waals surface area contributed by atoms with Gasteiger partial charge in [0.25, 0.3) is 5.91 Å². The quantitative estimate of drug-likeness (QED) is 0.891. The fourth-order valence-electron chi connectivity index (χ4n) is 2.59. The molecule has 1 saturated heterocycles. The molecule has 22 heavy (non-hydrogen) atoms. The van der Waals surface area contributed by atoms with Crippen molar-refractivity contribution in [1.29, 1.82) is 0 Å². The van der Waals surface area contributed by atoms with Crippen molar-refractivity contribution in [1.82, 2.24) is 4.90 Å². The average molecular weight is 325 g/mol. The van der Waals surface area contributed by atoms with Crippen molar-refractivity contribution in [2.75, 3.05) is 18.4 Å². The first kappa shape index (κ1) is 16.3. The van der Waals surface area contributed by atoms with Crippen LogP contribution in [0, 0.1) is 11.8 Å². The van der Waals surface area contributed by atoms with Gasteiger partial charge in [0.05, 0.1) is 16.5 Å². The van der Waals surface area contributed by atoms with Crippen LogP contribution < -0.4 is 5.32 Å². The maximum Gasteiger partial charge on any atom is 0.308 e. The van der Waals surface area contributed by atoms with E-state index >= 15 is 0 Å². The number of halogens is 1. The van der Waals surface area contributed by atoms with Gasteiger partial charge in [0.1, 0.15) is 0 Å². The van der Waals surface area contributed by atoms with Crippen LogP contribution in [0.15, 0.2) is 18.2 Å². The molecule has 1 aromatic rings. The molecule has 1 fully saturated rings. The molecule has 0 radical (unpaired) electrons. The van der Waals surface area contributed by atoms with E-state index in [9.17, 15) is 14.4 Å². The summed E-state index contributed by atoms with van der Waals surface area (Å²) < 4.78 is 0. The zero-order valence-corrected chi connectivity index (χ0v) is 13.1. The van der Waals surface area contributed by atoms with E-state index in [0.717, 1.165) is 0 Å². The average Bonchev–Trinajstić information content (AvgIpc) is 2.82. The van der Waals surface area contributed by atoms with Crippen LogP contribution in [0.5, 0.6) is 0 Å². The standard InChI is InChI=1S/C15H17ClN2O4/c1-8-6-18(7-12(8)15(21)22)14(20)11-5-10(17-9(2)19)3-4-13(11)16/h3-5,8,12H,6-7H2,1-2H3,(H,17,19)(H,21,22)/t8-,12-/m1/s1. The van der Waals surface area contributed by atoms with Crippen LogP contribution >= 0.6 is 11.6 Å². The normalized spacial score (nSPS) is 20.8. The van der Waals surface area contributed by atoms with Gasteiger partial charge >= 0.3 is 5.97 Å². The Balaban J connectivity index is 2.23. The maximum atomic E-state index is 12.6. The van der Waals surface area contributed by atoms with Gasteiger partial charge in [-0.05, 0) is 24.1 Å². The van der Waals surface area contributed by atoms with Crippen LogP contribution in [0.3, 0.4) is 0 Å². The Morgan fingerprint density at radius 3 is 2.55 bits per heavy atom. The Morgan fingerprint density at radius 2 is 2.00 bits per heavy atom. The topological polar surface area (TPSA) is 86.7 Å². The number of amides is 2. The summed E-state index contributed by atoms with van der Waals surface area (Å²) in [7, 11) is 0. The maximum absolute atomic E-state index is 12.6. The minimum Gasteiger partial charge on any atom is -0.481 e. The number of carbonyl (C=O) groups excluding carboxylic acids is 2. The summed E-state index contributed by atoms with van der Waals surface area (Å²) in [6.07, 6.45) is 0. The number of hydrogen-bond donors (Lipinski definition) is 2. The number of carboxylic acid groups (broad SMARTS) is 1. The van der Waals surface area contributed by atoms with E-state index in [2.05, 4.69) is 5.32 Å². The van der Waals surface area contributed by atoms with Crippen molar-refractivity contribution in [2.24, 2.45) is 11.8 Å². The molecule has 2 amide bonds. The smallest absolute Gasteiger partial charge is 0.308 e. The minimum absolute atomic E-state index is 0.112. The summed E-state index contributed by atoms with van der Waals surface area (Å²) >= 11 is 6.06. The summed E-state index contributed by atoms with van der Waals surface area (Å²) in [5, 5.41) is 12.0. The van der Waals surface area contributed by atoms with E-state index < -0.39 is 11.9 Å². The number of rotatable bonds is 3. The minimum atomic E-state index is -0.902. The summed E-state index contributed by atoms with van der Waals surface area (Å²) in [6.45, 7) is 3.71. The van der Waals surface area contributed by atoms with Crippen LogP contribution in [0.2, 0.25) is 5.02 Å². The molecule has 2 atom stereocenters. The zero-order valence-electron chi connectivity index (χ0n) is 12.3. The number of aliphatic carboxylic acids is 1. The molecule has 2 rings (SSSR count). The van der Waals surface area contributed by atoms with Crippen molar-refractivity contribution in [3.63, 3.8) is 0 Å². The second-order valence-corrected chi connectivity index (χ2v) is 5.92. The van der Waals surface area contributed by atoms with Crippen molar-refractivity contribution in [2.45, 2.75) is 13.8 Å².